The molecule has 0 bridgehead atoms. The number of amides is 2. The van der Waals surface area contributed by atoms with Gasteiger partial charge in [0.15, 0.2) is 0 Å². The Hall–Kier alpha value is -1.56. The number of nitrogens with one attached hydrogen (secondary N) is 1. The third-order valence-corrected chi connectivity index (χ3v) is 5.98. The van der Waals surface area contributed by atoms with Gasteiger partial charge in [-0.1, -0.05) is 6.42 Å². The Morgan fingerprint density at radius 1 is 1.57 bits per heavy atom. The van der Waals surface area contributed by atoms with Crippen LogP contribution in [0.4, 0.5) is 4.79 Å². The summed E-state index contributed by atoms with van der Waals surface area (Å²) in [7, 11) is 0. The number of thiophene rings is 1. The number of aryl methyl sites for hydroxylation is 1. The Bertz CT molecular complexity index is 571. The molecular weight excluding hydrogens is 288 g/mol. The van der Waals surface area contributed by atoms with E-state index in [0.717, 1.165) is 17.7 Å². The average molecular weight is 308 g/mol. The molecule has 1 aromatic heterocycles. The first kappa shape index (κ1) is 14.4. The summed E-state index contributed by atoms with van der Waals surface area (Å²) in [4.78, 5) is 26.7. The van der Waals surface area contributed by atoms with Crippen molar-refractivity contribution in [3.05, 3.63) is 21.9 Å². The highest BCUT2D eigenvalue weighted by Gasteiger charge is 2.55. The molecule has 1 aromatic rings. The van der Waals surface area contributed by atoms with Crippen LogP contribution in [0.3, 0.4) is 0 Å². The predicted molar refractivity (Wildman–Crippen MR) is 80.3 cm³/mol. The van der Waals surface area contributed by atoms with Gasteiger partial charge in [0, 0.05) is 18.0 Å². The summed E-state index contributed by atoms with van der Waals surface area (Å²) in [6.45, 7) is 3.46. The van der Waals surface area contributed by atoms with Crippen molar-refractivity contribution >= 4 is 23.3 Å². The van der Waals surface area contributed by atoms with Gasteiger partial charge in [0.2, 0.25) is 0 Å². The van der Waals surface area contributed by atoms with Crippen LogP contribution in [0.15, 0.2) is 11.4 Å². The first-order valence-electron chi connectivity index (χ1n) is 7.32. The number of aliphatic carboxylic acids is 1. The van der Waals surface area contributed by atoms with Crippen LogP contribution in [-0.4, -0.2) is 35.1 Å². The average Bonchev–Trinajstić information content (AvgIpc) is 3.09. The Morgan fingerprint density at radius 2 is 2.38 bits per heavy atom. The van der Waals surface area contributed by atoms with Crippen LogP contribution >= 0.6 is 11.3 Å². The van der Waals surface area contributed by atoms with E-state index in [9.17, 15) is 14.7 Å². The lowest BCUT2D eigenvalue weighted by Gasteiger charge is -2.23. The summed E-state index contributed by atoms with van der Waals surface area (Å²) in [5.41, 5.74) is 0.483. The van der Waals surface area contributed by atoms with Gasteiger partial charge in [0.05, 0.1) is 12.0 Å². The van der Waals surface area contributed by atoms with Crippen molar-refractivity contribution in [3.8, 4) is 0 Å². The minimum atomic E-state index is -0.741. The van der Waals surface area contributed by atoms with Gasteiger partial charge in [-0.2, -0.15) is 0 Å². The molecule has 5 nitrogen and oxygen atoms in total. The number of carboxylic acids is 1. The summed E-state index contributed by atoms with van der Waals surface area (Å²) in [5, 5.41) is 14.5. The molecule has 2 heterocycles. The fourth-order valence-corrected chi connectivity index (χ4v) is 4.49. The van der Waals surface area contributed by atoms with Gasteiger partial charge in [-0.15, -0.1) is 11.3 Å². The van der Waals surface area contributed by atoms with Gasteiger partial charge in [-0.25, -0.2) is 4.79 Å². The number of carbonyl (C=O) groups is 2. The SMILES string of the molecule is Cc1ccsc1CNC(=O)N1C[C@@H]2CCC[C@@]2(C(=O)O)C1. The van der Waals surface area contributed by atoms with Crippen LogP contribution in [0.2, 0.25) is 0 Å². The molecule has 1 saturated heterocycles. The van der Waals surface area contributed by atoms with Gasteiger partial charge >= 0.3 is 12.0 Å². The van der Waals surface area contributed by atoms with Crippen LogP contribution in [0.5, 0.6) is 0 Å². The quantitative estimate of drug-likeness (QED) is 0.901. The molecule has 1 aliphatic heterocycles. The maximum absolute atomic E-state index is 12.3. The first-order valence-corrected chi connectivity index (χ1v) is 8.20. The second kappa shape index (κ2) is 5.33. The lowest BCUT2D eigenvalue weighted by atomic mass is 9.81. The molecule has 2 N–H and O–H groups in total. The van der Waals surface area contributed by atoms with Crippen molar-refractivity contribution in [3.63, 3.8) is 0 Å². The lowest BCUT2D eigenvalue weighted by molar-refractivity contribution is -0.149. The summed E-state index contributed by atoms with van der Waals surface area (Å²) >= 11 is 1.63. The maximum Gasteiger partial charge on any atom is 0.317 e. The van der Waals surface area contributed by atoms with Crippen molar-refractivity contribution in [2.45, 2.75) is 32.7 Å². The number of rotatable bonds is 3. The van der Waals surface area contributed by atoms with Crippen LogP contribution in [0.25, 0.3) is 0 Å². The van der Waals surface area contributed by atoms with E-state index in [1.165, 1.54) is 5.56 Å². The van der Waals surface area contributed by atoms with Crippen molar-refractivity contribution in [2.24, 2.45) is 11.3 Å². The fraction of sp³-hybridized carbons (Fsp3) is 0.600. The minimum Gasteiger partial charge on any atom is -0.481 e. The molecule has 2 amide bonds. The number of carbonyl (C=O) groups excluding carboxylic acids is 1. The number of urea groups is 1. The van der Waals surface area contributed by atoms with E-state index in [1.807, 2.05) is 18.4 Å². The van der Waals surface area contributed by atoms with E-state index >= 15 is 0 Å². The molecule has 0 aromatic carbocycles. The van der Waals surface area contributed by atoms with E-state index < -0.39 is 11.4 Å². The second-order valence-electron chi connectivity index (χ2n) is 6.12. The molecule has 2 atom stereocenters. The topological polar surface area (TPSA) is 69.6 Å². The zero-order valence-corrected chi connectivity index (χ0v) is 12.9. The van der Waals surface area contributed by atoms with Crippen molar-refractivity contribution in [1.29, 1.82) is 0 Å². The number of nitrogens with zero attached hydrogens (tertiary/aromatic N) is 1. The van der Waals surface area contributed by atoms with Gasteiger partial charge in [-0.05, 0) is 42.7 Å². The lowest BCUT2D eigenvalue weighted by Crippen LogP contribution is -2.41. The zero-order chi connectivity index (χ0) is 15.0. The van der Waals surface area contributed by atoms with Crippen LogP contribution in [-0.2, 0) is 11.3 Å². The molecule has 2 fully saturated rings. The molecule has 114 valence electrons. The second-order valence-corrected chi connectivity index (χ2v) is 7.12. The molecule has 2 aliphatic rings. The largest absolute Gasteiger partial charge is 0.481 e. The van der Waals surface area contributed by atoms with Crippen molar-refractivity contribution in [1.82, 2.24) is 10.2 Å². The molecule has 3 rings (SSSR count). The third-order valence-electron chi connectivity index (χ3n) is 4.95. The standard InChI is InChI=1S/C15H20N2O3S/c1-10-4-6-21-12(10)7-16-14(20)17-8-11-3-2-5-15(11,9-17)13(18)19/h4,6,11H,2-3,5,7-9H2,1H3,(H,16,20)(H,18,19)/t11-,15+/m0/s1. The smallest absolute Gasteiger partial charge is 0.317 e. The Labute approximate surface area is 128 Å². The zero-order valence-electron chi connectivity index (χ0n) is 12.1. The molecule has 1 aliphatic carbocycles. The number of carboxylic acid groups (broad SMARTS) is 1. The van der Waals surface area contributed by atoms with E-state index in [4.69, 9.17) is 0 Å². The number of hydrogen-bond donors (Lipinski definition) is 2. The minimum absolute atomic E-state index is 0.115. The first-order chi connectivity index (χ1) is 10.0. The summed E-state index contributed by atoms with van der Waals surface area (Å²) in [6.07, 6.45) is 2.57. The predicted octanol–water partition coefficient (Wildman–Crippen LogP) is 2.45. The molecule has 6 heteroatoms. The highest BCUT2D eigenvalue weighted by atomic mass is 32.1. The molecule has 0 radical (unpaired) electrons. The monoisotopic (exact) mass is 308 g/mol. The molecule has 0 unspecified atom stereocenters. The number of fused-ring (bicyclic) bond motifs is 1. The van der Waals surface area contributed by atoms with Gasteiger partial charge < -0.3 is 15.3 Å². The molecule has 21 heavy (non-hydrogen) atoms. The Kier molecular flexibility index (Phi) is 3.65. The van der Waals surface area contributed by atoms with Crippen LogP contribution < -0.4 is 5.32 Å². The fourth-order valence-electron chi connectivity index (χ4n) is 3.65. The highest BCUT2D eigenvalue weighted by molar-refractivity contribution is 7.10. The van der Waals surface area contributed by atoms with E-state index in [0.29, 0.717) is 26.1 Å². The molecule has 0 spiro atoms. The van der Waals surface area contributed by atoms with Crippen molar-refractivity contribution < 1.29 is 14.7 Å². The summed E-state index contributed by atoms with van der Waals surface area (Å²) < 4.78 is 0. The van der Waals surface area contributed by atoms with E-state index in [2.05, 4.69) is 5.32 Å². The molecule has 1 saturated carbocycles. The van der Waals surface area contributed by atoms with Crippen molar-refractivity contribution in [2.75, 3.05) is 13.1 Å². The van der Waals surface area contributed by atoms with Crippen LogP contribution in [0, 0.1) is 18.3 Å². The summed E-state index contributed by atoms with van der Waals surface area (Å²) in [5.74, 6) is -0.626. The van der Waals surface area contributed by atoms with Gasteiger partial charge in [-0.3, -0.25) is 4.79 Å². The number of likely N-dealkylation sites (tertiary alicyclic amines) is 1. The molecular formula is C15H20N2O3S. The van der Waals surface area contributed by atoms with E-state index in [1.54, 1.807) is 16.2 Å². The van der Waals surface area contributed by atoms with Gasteiger partial charge in [0.1, 0.15) is 0 Å². The number of hydrogen-bond acceptors (Lipinski definition) is 3. The normalized spacial score (nSPS) is 27.7. The van der Waals surface area contributed by atoms with Crippen LogP contribution in [0.1, 0.15) is 29.7 Å². The Balaban J connectivity index is 1.62. The Morgan fingerprint density at radius 3 is 3.00 bits per heavy atom. The maximum atomic E-state index is 12.3. The van der Waals surface area contributed by atoms with Gasteiger partial charge in [0.25, 0.3) is 0 Å². The van der Waals surface area contributed by atoms with E-state index in [-0.39, 0.29) is 11.9 Å². The third kappa shape index (κ3) is 2.41. The summed E-state index contributed by atoms with van der Waals surface area (Å²) in [6, 6.07) is 1.89. The highest BCUT2D eigenvalue weighted by Crippen LogP contribution is 2.48.